The van der Waals surface area contributed by atoms with Gasteiger partial charge in [0, 0.05) is 19.2 Å². The first kappa shape index (κ1) is 45.2. The fraction of sp³-hybridized carbons (Fsp3) is 0.364. The first-order valence-electron chi connectivity index (χ1n) is 18.9. The topological polar surface area (TPSA) is 162 Å². The molecule has 0 fully saturated rings. The van der Waals surface area contributed by atoms with Crippen LogP contribution in [-0.2, 0) is 23.8 Å². The van der Waals surface area contributed by atoms with Gasteiger partial charge < -0.3 is 38.2 Å². The van der Waals surface area contributed by atoms with Crippen LogP contribution in [-0.4, -0.2) is 76.1 Å². The third-order valence-electron chi connectivity index (χ3n) is 8.09. The molecule has 0 aliphatic rings. The number of rotatable bonds is 27. The van der Waals surface area contributed by atoms with Crippen LogP contribution < -0.4 is 18.9 Å². The summed E-state index contributed by atoms with van der Waals surface area (Å²) in [6.07, 6.45) is 11.8. The van der Waals surface area contributed by atoms with E-state index in [1.165, 1.54) is 18.2 Å². The quantitative estimate of drug-likeness (QED) is 0.0183. The molecule has 0 aliphatic heterocycles. The van der Waals surface area contributed by atoms with Crippen molar-refractivity contribution < 1.29 is 57.1 Å². The Labute approximate surface area is 333 Å². The van der Waals surface area contributed by atoms with Crippen LogP contribution in [0.15, 0.2) is 97.0 Å². The number of hydrogen-bond donors (Lipinski definition) is 0. The van der Waals surface area contributed by atoms with Crippen LogP contribution in [0.3, 0.4) is 0 Å². The van der Waals surface area contributed by atoms with Crippen LogP contribution in [0.25, 0.3) is 0 Å². The lowest BCUT2D eigenvalue weighted by Gasteiger charge is -2.13. The van der Waals surface area contributed by atoms with Crippen molar-refractivity contribution >= 4 is 36.1 Å². The van der Waals surface area contributed by atoms with Gasteiger partial charge in [-0.05, 0) is 137 Å². The molecule has 3 rings (SSSR count). The molecule has 0 radical (unpaired) electrons. The van der Waals surface area contributed by atoms with Crippen LogP contribution in [0.1, 0.15) is 95.3 Å². The zero-order valence-electron chi connectivity index (χ0n) is 32.4. The molecule has 304 valence electrons. The molecule has 57 heavy (non-hydrogen) atoms. The summed E-state index contributed by atoms with van der Waals surface area (Å²) in [5.41, 5.74) is 0.379. The van der Waals surface area contributed by atoms with Crippen molar-refractivity contribution in [1.82, 2.24) is 0 Å². The molecule has 0 aromatic heterocycles. The normalized spacial score (nSPS) is 10.6. The van der Waals surface area contributed by atoms with Crippen molar-refractivity contribution in [2.45, 2.75) is 64.2 Å². The number of benzene rings is 3. The second kappa shape index (κ2) is 26.5. The van der Waals surface area contributed by atoms with Crippen LogP contribution in [0.2, 0.25) is 0 Å². The van der Waals surface area contributed by atoms with Crippen molar-refractivity contribution in [2.75, 3.05) is 40.1 Å². The predicted molar refractivity (Wildman–Crippen MR) is 213 cm³/mol. The van der Waals surface area contributed by atoms with Crippen LogP contribution in [0.4, 0.5) is 0 Å². The van der Waals surface area contributed by atoms with Gasteiger partial charge in [0.15, 0.2) is 0 Å². The van der Waals surface area contributed by atoms with Gasteiger partial charge in [-0.3, -0.25) is 0 Å². The van der Waals surface area contributed by atoms with E-state index in [1.807, 2.05) is 0 Å². The van der Waals surface area contributed by atoms with Gasteiger partial charge in [-0.15, -0.1) is 0 Å². The van der Waals surface area contributed by atoms with E-state index in [1.54, 1.807) is 61.8 Å². The SMILES string of the molecule is C=CC(=O)OCCCCCCOc1ccc(C(=O)Oc2ccc(OC(=O)c3ccc(OCCCCCCOC(=O)C=C)cc3)c(C(=O)OCCCC=NC)c2)cc1. The molecule has 0 N–H and O–H groups in total. The Bertz CT molecular complexity index is 1780. The van der Waals surface area contributed by atoms with E-state index in [-0.39, 0.29) is 34.8 Å². The van der Waals surface area contributed by atoms with E-state index in [4.69, 9.17) is 33.2 Å². The van der Waals surface area contributed by atoms with Crippen molar-refractivity contribution in [3.8, 4) is 23.0 Å². The van der Waals surface area contributed by atoms with Crippen molar-refractivity contribution in [3.63, 3.8) is 0 Å². The second-order valence-corrected chi connectivity index (χ2v) is 12.5. The lowest BCUT2D eigenvalue weighted by Crippen LogP contribution is -2.15. The van der Waals surface area contributed by atoms with E-state index in [2.05, 4.69) is 18.2 Å². The Morgan fingerprint density at radius 3 is 1.47 bits per heavy atom. The maximum atomic E-state index is 13.2. The minimum Gasteiger partial charge on any atom is -0.494 e. The monoisotopic (exact) mass is 785 g/mol. The Morgan fingerprint density at radius 2 is 0.982 bits per heavy atom. The number of aliphatic imine (C=N–C) groups is 1. The summed E-state index contributed by atoms with van der Waals surface area (Å²) in [4.78, 5) is 65.4. The largest absolute Gasteiger partial charge is 0.494 e. The molecule has 0 bridgehead atoms. The van der Waals surface area contributed by atoms with Gasteiger partial charge in [0.1, 0.15) is 28.6 Å². The second-order valence-electron chi connectivity index (χ2n) is 12.5. The number of hydrogen-bond acceptors (Lipinski definition) is 13. The highest BCUT2D eigenvalue weighted by Crippen LogP contribution is 2.28. The molecule has 0 aliphatic carbocycles. The van der Waals surface area contributed by atoms with Gasteiger partial charge >= 0.3 is 29.8 Å². The Hall–Kier alpha value is -6.24. The average molecular weight is 786 g/mol. The fourth-order valence-corrected chi connectivity index (χ4v) is 5.03. The molecular weight excluding hydrogens is 734 g/mol. The molecule has 13 nitrogen and oxygen atoms in total. The number of unbranched alkanes of at least 4 members (excludes halogenated alkanes) is 7. The van der Waals surface area contributed by atoms with Crippen LogP contribution in [0.5, 0.6) is 23.0 Å². The lowest BCUT2D eigenvalue weighted by atomic mass is 10.1. The molecule has 0 amide bonds. The predicted octanol–water partition coefficient (Wildman–Crippen LogP) is 8.10. The van der Waals surface area contributed by atoms with Gasteiger partial charge in [-0.1, -0.05) is 13.2 Å². The van der Waals surface area contributed by atoms with Gasteiger partial charge in [-0.25, -0.2) is 24.0 Å². The van der Waals surface area contributed by atoms with Crippen LogP contribution >= 0.6 is 0 Å². The Morgan fingerprint density at radius 1 is 0.526 bits per heavy atom. The average Bonchev–Trinajstić information content (AvgIpc) is 3.23. The molecule has 0 saturated carbocycles. The maximum Gasteiger partial charge on any atom is 0.343 e. The maximum absolute atomic E-state index is 13.2. The molecule has 0 spiro atoms. The van der Waals surface area contributed by atoms with Gasteiger partial charge in [-0.2, -0.15) is 0 Å². The zero-order valence-corrected chi connectivity index (χ0v) is 32.4. The highest BCUT2D eigenvalue weighted by molar-refractivity contribution is 5.97. The van der Waals surface area contributed by atoms with Gasteiger partial charge in [0.2, 0.25) is 0 Å². The standard InChI is InChI=1S/C44H51NO12/c1-4-40(46)53-29-13-8-6-11-27-51-35-20-16-33(17-21-35)42(48)56-37-24-25-39(38(32-37)44(50)55-31-15-10-26-45-3)57-43(49)34-18-22-36(23-19-34)52-28-12-7-9-14-30-54-41(47)5-2/h4-5,16-26,32H,1-2,6-15,27-31H2,3H3. The molecule has 3 aromatic rings. The van der Waals surface area contributed by atoms with Gasteiger partial charge in [0.05, 0.1) is 44.2 Å². The third kappa shape index (κ3) is 17.8. The Kier molecular flexibility index (Phi) is 21.0. The van der Waals surface area contributed by atoms with E-state index < -0.39 is 29.8 Å². The molecule has 0 heterocycles. The molecule has 3 aromatic carbocycles. The van der Waals surface area contributed by atoms with E-state index in [9.17, 15) is 24.0 Å². The summed E-state index contributed by atoms with van der Waals surface area (Å²) in [7, 11) is 1.65. The molecular formula is C44H51NO12. The summed E-state index contributed by atoms with van der Waals surface area (Å²) in [5, 5.41) is 0. The lowest BCUT2D eigenvalue weighted by molar-refractivity contribution is -0.138. The summed E-state index contributed by atoms with van der Waals surface area (Å²) < 4.78 is 38.1. The first-order chi connectivity index (χ1) is 27.7. The summed E-state index contributed by atoms with van der Waals surface area (Å²) in [6.45, 7) is 8.50. The highest BCUT2D eigenvalue weighted by Gasteiger charge is 2.21. The fourth-order valence-electron chi connectivity index (χ4n) is 5.03. The number of ether oxygens (including phenoxy) is 7. The van der Waals surface area contributed by atoms with Crippen molar-refractivity contribution in [3.05, 3.63) is 109 Å². The van der Waals surface area contributed by atoms with Crippen molar-refractivity contribution in [1.29, 1.82) is 0 Å². The molecule has 13 heteroatoms. The summed E-state index contributed by atoms with van der Waals surface area (Å²) in [5.74, 6) is -1.87. The highest BCUT2D eigenvalue weighted by atomic mass is 16.6. The smallest absolute Gasteiger partial charge is 0.343 e. The number of carbonyl (C=O) groups excluding carboxylic acids is 5. The summed E-state index contributed by atoms with van der Waals surface area (Å²) >= 11 is 0. The number of carbonyl (C=O) groups is 5. The van der Waals surface area contributed by atoms with E-state index in [0.29, 0.717) is 50.8 Å². The molecule has 0 atom stereocenters. The minimum absolute atomic E-state index is 0.0436. The van der Waals surface area contributed by atoms with Gasteiger partial charge in [0.25, 0.3) is 0 Å². The zero-order chi connectivity index (χ0) is 41.1. The minimum atomic E-state index is -0.761. The Balaban J connectivity index is 1.55. The number of nitrogens with zero attached hydrogens (tertiary/aromatic N) is 1. The molecule has 0 saturated heterocycles. The van der Waals surface area contributed by atoms with E-state index in [0.717, 1.165) is 63.5 Å². The third-order valence-corrected chi connectivity index (χ3v) is 8.09. The van der Waals surface area contributed by atoms with Crippen LogP contribution in [0, 0.1) is 0 Å². The number of esters is 5. The summed E-state index contributed by atoms with van der Waals surface area (Å²) in [6, 6.07) is 17.0. The van der Waals surface area contributed by atoms with E-state index >= 15 is 0 Å². The first-order valence-corrected chi connectivity index (χ1v) is 18.9. The van der Waals surface area contributed by atoms with Crippen molar-refractivity contribution in [2.24, 2.45) is 4.99 Å². The molecule has 0 unspecified atom stereocenters.